The van der Waals surface area contributed by atoms with E-state index in [1.165, 1.54) is 23.1 Å². The number of aromatic nitrogens is 1. The first-order chi connectivity index (χ1) is 6.61. The summed E-state index contributed by atoms with van der Waals surface area (Å²) in [6, 6.07) is 0. The van der Waals surface area contributed by atoms with Crippen LogP contribution in [0.25, 0.3) is 0 Å². The number of thiazole rings is 1. The Morgan fingerprint density at radius 3 is 2.79 bits per heavy atom. The van der Waals surface area contributed by atoms with Crippen molar-refractivity contribution in [1.82, 2.24) is 0 Å². The maximum atomic E-state index is 11.4. The topological polar surface area (TPSA) is 50.4 Å². The van der Waals surface area contributed by atoms with Crippen LogP contribution in [-0.2, 0) is 11.8 Å². The predicted octanol–water partition coefficient (Wildman–Crippen LogP) is 1.18. The van der Waals surface area contributed by atoms with E-state index in [2.05, 4.69) is 0 Å². The highest BCUT2D eigenvalue weighted by molar-refractivity contribution is 8.00. The molecule has 0 fully saturated rings. The van der Waals surface area contributed by atoms with Crippen LogP contribution in [0.4, 0.5) is 0 Å². The Hall–Kier alpha value is -0.750. The number of hydrogen-bond acceptors (Lipinski definition) is 5. The van der Waals surface area contributed by atoms with Gasteiger partial charge in [-0.3, -0.25) is 0 Å². The minimum absolute atomic E-state index is 0.0298. The van der Waals surface area contributed by atoms with Crippen molar-refractivity contribution >= 4 is 29.1 Å². The zero-order valence-corrected chi connectivity index (χ0v) is 9.87. The van der Waals surface area contributed by atoms with E-state index in [-0.39, 0.29) is 10.8 Å². The number of hydrogen-bond donors (Lipinski definition) is 1. The van der Waals surface area contributed by atoms with Gasteiger partial charge in [-0.15, -0.1) is 4.57 Å². The highest BCUT2D eigenvalue weighted by atomic mass is 32.2. The summed E-state index contributed by atoms with van der Waals surface area (Å²) in [6.45, 7) is 2.05. The first-order valence-corrected chi connectivity index (χ1v) is 6.08. The summed E-state index contributed by atoms with van der Waals surface area (Å²) in [4.78, 5) is 11.6. The molecule has 1 aromatic rings. The standard InChI is InChI=1S/C8H11NO3S2/c1-4-12-7(11)5-6(10)9(2)8(13-3)14-5/h4H2,1-3H3/p+1. The van der Waals surface area contributed by atoms with Crippen LogP contribution in [0.1, 0.15) is 16.6 Å². The second-order valence-corrected chi connectivity index (χ2v) is 4.56. The average molecular weight is 234 g/mol. The van der Waals surface area contributed by atoms with Gasteiger partial charge >= 0.3 is 16.2 Å². The number of thioether (sulfide) groups is 1. The van der Waals surface area contributed by atoms with Gasteiger partial charge < -0.3 is 9.84 Å². The fourth-order valence-corrected chi connectivity index (χ4v) is 2.66. The lowest BCUT2D eigenvalue weighted by atomic mass is 10.5. The molecule has 0 radical (unpaired) electrons. The zero-order chi connectivity index (χ0) is 10.7. The second kappa shape index (κ2) is 4.65. The minimum atomic E-state index is -0.467. The predicted molar refractivity (Wildman–Crippen MR) is 54.9 cm³/mol. The summed E-state index contributed by atoms with van der Waals surface area (Å²) in [5.74, 6) is -0.497. The van der Waals surface area contributed by atoms with Gasteiger partial charge in [0, 0.05) is 0 Å². The third-order valence-corrected chi connectivity index (χ3v) is 3.99. The smallest absolute Gasteiger partial charge is 0.392 e. The van der Waals surface area contributed by atoms with Gasteiger partial charge in [0.05, 0.1) is 6.61 Å². The number of aromatic hydroxyl groups is 1. The summed E-state index contributed by atoms with van der Waals surface area (Å²) in [5, 5.41) is 9.61. The molecule has 14 heavy (non-hydrogen) atoms. The Labute approximate surface area is 90.5 Å². The molecule has 0 aliphatic heterocycles. The van der Waals surface area contributed by atoms with Crippen LogP contribution in [0.3, 0.4) is 0 Å². The summed E-state index contributed by atoms with van der Waals surface area (Å²) in [5.41, 5.74) is 0. The average Bonchev–Trinajstić information content (AvgIpc) is 2.44. The molecule has 0 aliphatic rings. The molecule has 1 aromatic heterocycles. The molecular weight excluding hydrogens is 222 g/mol. The molecule has 0 unspecified atom stereocenters. The van der Waals surface area contributed by atoms with Crippen LogP contribution in [0.15, 0.2) is 4.34 Å². The Kier molecular flexibility index (Phi) is 3.77. The van der Waals surface area contributed by atoms with Crippen LogP contribution in [0, 0.1) is 0 Å². The number of carbonyl (C=O) groups is 1. The Bertz CT molecular complexity index is 349. The first kappa shape index (κ1) is 11.3. The molecule has 1 N–H and O–H groups in total. The van der Waals surface area contributed by atoms with Crippen molar-refractivity contribution in [3.05, 3.63) is 4.88 Å². The molecule has 0 saturated heterocycles. The fraction of sp³-hybridized carbons (Fsp3) is 0.500. The molecular formula is C8H12NO3S2+. The molecule has 0 bridgehead atoms. The molecule has 78 valence electrons. The number of rotatable bonds is 3. The van der Waals surface area contributed by atoms with Crippen molar-refractivity contribution in [3.8, 4) is 5.88 Å². The van der Waals surface area contributed by atoms with Gasteiger partial charge in [0.1, 0.15) is 7.05 Å². The van der Waals surface area contributed by atoms with E-state index in [0.29, 0.717) is 6.61 Å². The van der Waals surface area contributed by atoms with Crippen LogP contribution in [0.2, 0.25) is 0 Å². The van der Waals surface area contributed by atoms with Crippen LogP contribution in [-0.4, -0.2) is 23.9 Å². The Balaban J connectivity index is 3.04. The third-order valence-electron chi connectivity index (χ3n) is 1.62. The van der Waals surface area contributed by atoms with E-state index < -0.39 is 5.97 Å². The fourth-order valence-electron chi connectivity index (χ4n) is 0.948. The molecule has 0 aromatic carbocycles. The van der Waals surface area contributed by atoms with Gasteiger partial charge in [-0.2, -0.15) is 0 Å². The number of ether oxygens (including phenoxy) is 1. The van der Waals surface area contributed by atoms with Crippen molar-refractivity contribution in [2.75, 3.05) is 12.9 Å². The maximum Gasteiger partial charge on any atom is 0.392 e. The molecule has 0 amide bonds. The lowest BCUT2D eigenvalue weighted by Crippen LogP contribution is -2.27. The summed E-state index contributed by atoms with van der Waals surface area (Å²) in [6.07, 6.45) is 1.89. The lowest BCUT2D eigenvalue weighted by Gasteiger charge is -1.95. The van der Waals surface area contributed by atoms with Crippen molar-refractivity contribution in [2.45, 2.75) is 11.3 Å². The first-order valence-electron chi connectivity index (χ1n) is 4.04. The van der Waals surface area contributed by atoms with Gasteiger partial charge in [-0.05, 0) is 36.3 Å². The third kappa shape index (κ3) is 2.01. The number of carbonyl (C=O) groups excluding carboxylic acids is 1. The molecule has 0 spiro atoms. The largest absolute Gasteiger partial charge is 0.462 e. The lowest BCUT2D eigenvalue weighted by molar-refractivity contribution is -0.707. The quantitative estimate of drug-likeness (QED) is 0.485. The maximum absolute atomic E-state index is 11.4. The van der Waals surface area contributed by atoms with Crippen molar-refractivity contribution in [1.29, 1.82) is 0 Å². The van der Waals surface area contributed by atoms with Crippen LogP contribution in [0.5, 0.6) is 5.88 Å². The Morgan fingerprint density at radius 1 is 1.71 bits per heavy atom. The SMILES string of the molecule is CCOC(=O)c1sc(SC)[n+](C)c1O. The van der Waals surface area contributed by atoms with E-state index in [1.54, 1.807) is 18.5 Å². The number of esters is 1. The monoisotopic (exact) mass is 234 g/mol. The van der Waals surface area contributed by atoms with E-state index in [0.717, 1.165) is 4.34 Å². The normalized spacial score (nSPS) is 10.2. The minimum Gasteiger partial charge on any atom is -0.462 e. The van der Waals surface area contributed by atoms with E-state index >= 15 is 0 Å². The van der Waals surface area contributed by atoms with Crippen LogP contribution < -0.4 is 4.57 Å². The molecule has 6 heteroatoms. The van der Waals surface area contributed by atoms with Gasteiger partial charge in [-0.25, -0.2) is 4.79 Å². The zero-order valence-electron chi connectivity index (χ0n) is 8.23. The number of nitrogens with zero attached hydrogens (tertiary/aromatic N) is 1. The van der Waals surface area contributed by atoms with Gasteiger partial charge in [0.25, 0.3) is 0 Å². The molecule has 1 heterocycles. The van der Waals surface area contributed by atoms with Crippen molar-refractivity contribution in [3.63, 3.8) is 0 Å². The second-order valence-electron chi connectivity index (χ2n) is 2.50. The van der Waals surface area contributed by atoms with E-state index in [9.17, 15) is 9.90 Å². The molecule has 1 rings (SSSR count). The Morgan fingerprint density at radius 2 is 2.36 bits per heavy atom. The van der Waals surface area contributed by atoms with Gasteiger partial charge in [-0.1, -0.05) is 0 Å². The molecule has 0 saturated carbocycles. The highest BCUT2D eigenvalue weighted by Gasteiger charge is 2.28. The molecule has 0 aliphatic carbocycles. The molecule has 0 atom stereocenters. The van der Waals surface area contributed by atoms with E-state index in [1.807, 2.05) is 6.26 Å². The van der Waals surface area contributed by atoms with Crippen LogP contribution >= 0.6 is 23.1 Å². The highest BCUT2D eigenvalue weighted by Crippen LogP contribution is 2.27. The van der Waals surface area contributed by atoms with Gasteiger partial charge in [0.15, 0.2) is 0 Å². The summed E-state index contributed by atoms with van der Waals surface area (Å²) in [7, 11) is 1.71. The van der Waals surface area contributed by atoms with Crippen molar-refractivity contribution < 1.29 is 19.2 Å². The summed E-state index contributed by atoms with van der Waals surface area (Å²) < 4.78 is 7.25. The van der Waals surface area contributed by atoms with E-state index in [4.69, 9.17) is 4.74 Å². The molecule has 4 nitrogen and oxygen atoms in total. The summed E-state index contributed by atoms with van der Waals surface area (Å²) >= 11 is 2.72. The van der Waals surface area contributed by atoms with Gasteiger partial charge in [0.2, 0.25) is 4.88 Å². The van der Waals surface area contributed by atoms with Crippen molar-refractivity contribution in [2.24, 2.45) is 7.05 Å².